The minimum absolute atomic E-state index is 0.0751. The van der Waals surface area contributed by atoms with Gasteiger partial charge < -0.3 is 15.0 Å². The van der Waals surface area contributed by atoms with E-state index in [-0.39, 0.29) is 23.9 Å². The van der Waals surface area contributed by atoms with Gasteiger partial charge in [0.1, 0.15) is 40.1 Å². The van der Waals surface area contributed by atoms with Crippen molar-refractivity contribution in [2.75, 3.05) is 32.6 Å². The highest BCUT2D eigenvalue weighted by molar-refractivity contribution is 6.32. The molecule has 0 saturated carbocycles. The minimum Gasteiger partial charge on any atom is -0.493 e. The van der Waals surface area contributed by atoms with E-state index in [0.29, 0.717) is 13.0 Å². The maximum absolute atomic E-state index is 15.1. The van der Waals surface area contributed by atoms with E-state index in [9.17, 15) is 13.2 Å². The van der Waals surface area contributed by atoms with Gasteiger partial charge in [-0.3, -0.25) is 4.98 Å². The van der Waals surface area contributed by atoms with Crippen LogP contribution < -0.4 is 10.1 Å². The lowest BCUT2D eigenvalue weighted by molar-refractivity contribution is -0.138. The summed E-state index contributed by atoms with van der Waals surface area (Å²) in [4.78, 5) is 17.8. The number of hydrogen-bond donors (Lipinski definition) is 1. The summed E-state index contributed by atoms with van der Waals surface area (Å²) in [6.07, 6.45) is -0.0959. The van der Waals surface area contributed by atoms with Gasteiger partial charge in [0.05, 0.1) is 23.9 Å². The Morgan fingerprint density at radius 2 is 1.77 bits per heavy atom. The third-order valence-corrected chi connectivity index (χ3v) is 5.06. The summed E-state index contributed by atoms with van der Waals surface area (Å²) >= 11 is 6.24. The minimum atomic E-state index is -4.68. The number of anilines is 1. The molecule has 0 fully saturated rings. The average Bonchev–Trinajstić information content (AvgIpc) is 2.77. The van der Waals surface area contributed by atoms with Gasteiger partial charge in [-0.1, -0.05) is 11.6 Å². The highest BCUT2D eigenvalue weighted by Gasteiger charge is 2.37. The van der Waals surface area contributed by atoms with Crippen LogP contribution in [0.2, 0.25) is 5.15 Å². The molecule has 0 aliphatic heterocycles. The van der Waals surface area contributed by atoms with E-state index in [1.165, 1.54) is 18.6 Å². The second-order valence-corrected chi connectivity index (χ2v) is 8.19. The molecule has 35 heavy (non-hydrogen) atoms. The Morgan fingerprint density at radius 1 is 1.09 bits per heavy atom. The highest BCUT2D eigenvalue weighted by atomic mass is 35.5. The van der Waals surface area contributed by atoms with E-state index in [0.717, 1.165) is 19.1 Å². The highest BCUT2D eigenvalue weighted by Crippen LogP contribution is 2.39. The van der Waals surface area contributed by atoms with Gasteiger partial charge >= 0.3 is 6.18 Å². The number of halogens is 6. The van der Waals surface area contributed by atoms with Crippen LogP contribution in [0.4, 0.5) is 27.8 Å². The maximum atomic E-state index is 15.1. The quantitative estimate of drug-likeness (QED) is 0.237. The molecule has 2 aromatic heterocycles. The fourth-order valence-electron chi connectivity index (χ4n) is 3.02. The smallest absolute Gasteiger partial charge is 0.408 e. The first kappa shape index (κ1) is 26.5. The van der Waals surface area contributed by atoms with Crippen LogP contribution >= 0.6 is 11.6 Å². The van der Waals surface area contributed by atoms with Crippen molar-refractivity contribution in [3.05, 3.63) is 47.5 Å². The molecule has 0 saturated heterocycles. The van der Waals surface area contributed by atoms with Crippen molar-refractivity contribution in [3.8, 4) is 28.4 Å². The lowest BCUT2D eigenvalue weighted by Crippen LogP contribution is -2.33. The number of benzene rings is 1. The van der Waals surface area contributed by atoms with Crippen LogP contribution in [0.5, 0.6) is 5.75 Å². The summed E-state index contributed by atoms with van der Waals surface area (Å²) in [6, 6.07) is -0.261. The van der Waals surface area contributed by atoms with Crippen molar-refractivity contribution in [3.63, 3.8) is 0 Å². The van der Waals surface area contributed by atoms with Crippen LogP contribution in [0.1, 0.15) is 13.3 Å². The van der Waals surface area contributed by atoms with Crippen LogP contribution in [-0.4, -0.2) is 64.3 Å². The second kappa shape index (κ2) is 11.1. The van der Waals surface area contributed by atoms with Gasteiger partial charge in [-0.05, 0) is 27.4 Å². The number of nitrogens with zero attached hydrogens (tertiary/aromatic N) is 5. The molecule has 13 heteroatoms. The van der Waals surface area contributed by atoms with Crippen molar-refractivity contribution in [1.29, 1.82) is 0 Å². The van der Waals surface area contributed by atoms with Crippen molar-refractivity contribution in [2.45, 2.75) is 25.6 Å². The molecule has 0 bridgehead atoms. The third-order valence-electron chi connectivity index (χ3n) is 4.79. The Hall–Kier alpha value is -3.12. The number of nitrogens with one attached hydrogen (secondary N) is 1. The first-order valence-corrected chi connectivity index (χ1v) is 10.8. The largest absolute Gasteiger partial charge is 0.493 e. The second-order valence-electron chi connectivity index (χ2n) is 7.83. The standard InChI is InChI=1S/C22H22ClF5N6O/c1-12(22(26,27)28)31-21-18(19(23)32-20(33-21)16-11-29-5-6-30-16)17-14(24)9-13(10-15(17)25)35-8-4-7-34(2)3/h5-6,9-12H,4,7-8H2,1-3H3,(H,31,32,33). The molecule has 1 unspecified atom stereocenters. The van der Waals surface area contributed by atoms with Crippen molar-refractivity contribution >= 4 is 17.4 Å². The zero-order chi connectivity index (χ0) is 25.8. The van der Waals surface area contributed by atoms with E-state index in [1.807, 2.05) is 19.0 Å². The molecule has 7 nitrogen and oxygen atoms in total. The fraction of sp³-hybridized carbons (Fsp3) is 0.364. The summed E-state index contributed by atoms with van der Waals surface area (Å²) < 4.78 is 75.4. The van der Waals surface area contributed by atoms with Gasteiger partial charge in [0, 0.05) is 31.1 Å². The number of rotatable bonds is 9. The van der Waals surface area contributed by atoms with Crippen LogP contribution in [0.25, 0.3) is 22.6 Å². The Bertz CT molecular complexity index is 1140. The monoisotopic (exact) mass is 516 g/mol. The summed E-state index contributed by atoms with van der Waals surface area (Å²) in [5.41, 5.74) is -1.06. The molecule has 0 radical (unpaired) electrons. The van der Waals surface area contributed by atoms with E-state index in [1.54, 1.807) is 0 Å². The van der Waals surface area contributed by atoms with Crippen LogP contribution in [0.15, 0.2) is 30.7 Å². The molecule has 0 amide bonds. The summed E-state index contributed by atoms with van der Waals surface area (Å²) in [6.45, 7) is 1.75. The van der Waals surface area contributed by atoms with Crippen molar-refractivity contribution < 1.29 is 26.7 Å². The zero-order valence-electron chi connectivity index (χ0n) is 19.0. The topological polar surface area (TPSA) is 76.1 Å². The predicted octanol–water partition coefficient (Wildman–Crippen LogP) is 5.23. The van der Waals surface area contributed by atoms with E-state index < -0.39 is 46.0 Å². The molecule has 0 aliphatic carbocycles. The van der Waals surface area contributed by atoms with Crippen LogP contribution in [0.3, 0.4) is 0 Å². The van der Waals surface area contributed by atoms with E-state index in [2.05, 4.69) is 25.3 Å². The van der Waals surface area contributed by atoms with E-state index in [4.69, 9.17) is 16.3 Å². The number of alkyl halides is 3. The molecule has 3 aromatic rings. The van der Waals surface area contributed by atoms with Gasteiger partial charge in [0.25, 0.3) is 0 Å². The van der Waals surface area contributed by atoms with Gasteiger partial charge in [-0.15, -0.1) is 0 Å². The molecule has 0 spiro atoms. The summed E-state index contributed by atoms with van der Waals surface area (Å²) in [5.74, 6) is -2.98. The number of ether oxygens (including phenoxy) is 1. The first-order valence-electron chi connectivity index (χ1n) is 10.4. The SMILES string of the molecule is CC(Nc1nc(-c2cnccn2)nc(Cl)c1-c1c(F)cc(OCCCN(C)C)cc1F)C(F)(F)F. The van der Waals surface area contributed by atoms with E-state index >= 15 is 8.78 Å². The molecule has 0 aliphatic rings. The van der Waals surface area contributed by atoms with Crippen LogP contribution in [0, 0.1) is 11.6 Å². The Labute approximate surface area is 203 Å². The molecular weight excluding hydrogens is 495 g/mol. The van der Waals surface area contributed by atoms with Gasteiger partial charge in [-0.2, -0.15) is 13.2 Å². The molecule has 1 aromatic carbocycles. The van der Waals surface area contributed by atoms with Crippen molar-refractivity contribution in [1.82, 2.24) is 24.8 Å². The van der Waals surface area contributed by atoms with Gasteiger partial charge in [0.15, 0.2) is 5.82 Å². The molecule has 3 rings (SSSR count). The molecule has 1 atom stereocenters. The number of hydrogen-bond acceptors (Lipinski definition) is 7. The normalized spacial score (nSPS) is 12.6. The predicted molar refractivity (Wildman–Crippen MR) is 121 cm³/mol. The Kier molecular flexibility index (Phi) is 8.39. The molecule has 1 N–H and O–H groups in total. The summed E-state index contributed by atoms with van der Waals surface area (Å²) in [7, 11) is 3.75. The third kappa shape index (κ3) is 6.73. The molecule has 188 valence electrons. The Morgan fingerprint density at radius 3 is 2.34 bits per heavy atom. The Balaban J connectivity index is 2.05. The van der Waals surface area contributed by atoms with Crippen molar-refractivity contribution in [2.24, 2.45) is 0 Å². The zero-order valence-corrected chi connectivity index (χ0v) is 19.8. The first-order chi connectivity index (χ1) is 16.5. The lowest BCUT2D eigenvalue weighted by Gasteiger charge is -2.21. The number of aromatic nitrogens is 4. The average molecular weight is 517 g/mol. The van der Waals surface area contributed by atoms with Gasteiger partial charge in [0.2, 0.25) is 0 Å². The fourth-order valence-corrected chi connectivity index (χ4v) is 3.28. The summed E-state index contributed by atoms with van der Waals surface area (Å²) in [5, 5.41) is 1.67. The van der Waals surface area contributed by atoms with Gasteiger partial charge in [-0.25, -0.2) is 23.7 Å². The van der Waals surface area contributed by atoms with Crippen LogP contribution in [-0.2, 0) is 0 Å². The molecular formula is C22H22ClF5N6O. The maximum Gasteiger partial charge on any atom is 0.408 e. The molecule has 2 heterocycles. The lowest BCUT2D eigenvalue weighted by atomic mass is 10.1.